The van der Waals surface area contributed by atoms with Crippen LogP contribution in [0.3, 0.4) is 0 Å². The molecular weight excluding hydrogens is 306 g/mol. The number of likely N-dealkylation sites (tertiary alicyclic amines) is 1. The Labute approximate surface area is 140 Å². The molecule has 2 atom stereocenters. The smallest absolute Gasteiger partial charge is 0.309 e. The Hall–Kier alpha value is -2.37. The molecule has 0 radical (unpaired) electrons. The van der Waals surface area contributed by atoms with Crippen molar-refractivity contribution >= 4 is 22.9 Å². The lowest BCUT2D eigenvalue weighted by Gasteiger charge is -2.32. The summed E-state index contributed by atoms with van der Waals surface area (Å²) in [6.07, 6.45) is 6.37. The number of hydrogen-bond donors (Lipinski definition) is 1. The normalized spacial score (nSPS) is 24.1. The molecule has 1 aliphatic carbocycles. The first-order valence-corrected chi connectivity index (χ1v) is 8.47. The van der Waals surface area contributed by atoms with Crippen LogP contribution in [-0.2, 0) is 14.3 Å². The Morgan fingerprint density at radius 1 is 1.29 bits per heavy atom. The highest BCUT2D eigenvalue weighted by molar-refractivity contribution is 5.90. The quantitative estimate of drug-likeness (QED) is 0.876. The molecule has 0 spiro atoms. The molecule has 1 aliphatic heterocycles. The topological polar surface area (TPSA) is 75.3 Å². The number of hydrogen-bond acceptors (Lipinski definition) is 4. The van der Waals surface area contributed by atoms with Crippen LogP contribution in [-0.4, -0.2) is 46.9 Å². The number of amides is 1. The first-order valence-electron chi connectivity index (χ1n) is 8.47. The Balaban J connectivity index is 1.39. The third-order valence-corrected chi connectivity index (χ3v) is 5.34. The number of pyridine rings is 1. The highest BCUT2D eigenvalue weighted by Gasteiger charge is 2.50. The summed E-state index contributed by atoms with van der Waals surface area (Å²) in [5.41, 5.74) is 2.22. The summed E-state index contributed by atoms with van der Waals surface area (Å²) in [6, 6.07) is 4.05. The number of H-pyrrole nitrogens is 1. The fourth-order valence-corrected chi connectivity index (χ4v) is 3.84. The van der Waals surface area contributed by atoms with Crippen LogP contribution in [0.4, 0.5) is 0 Å². The molecule has 1 saturated heterocycles. The van der Waals surface area contributed by atoms with Gasteiger partial charge in [-0.05, 0) is 42.9 Å². The largest absolute Gasteiger partial charge is 0.469 e. The molecule has 0 unspecified atom stereocenters. The number of methoxy groups -OCH3 is 1. The first kappa shape index (κ1) is 15.2. The van der Waals surface area contributed by atoms with E-state index in [1.807, 2.05) is 17.2 Å². The molecule has 126 valence electrons. The second-order valence-corrected chi connectivity index (χ2v) is 6.71. The van der Waals surface area contributed by atoms with Crippen molar-refractivity contribution in [2.24, 2.45) is 11.8 Å². The molecule has 4 rings (SSSR count). The number of piperidine rings is 1. The number of esters is 1. The Morgan fingerprint density at radius 3 is 2.83 bits per heavy atom. The molecule has 0 aromatic carbocycles. The van der Waals surface area contributed by atoms with Crippen LogP contribution in [0.5, 0.6) is 0 Å². The zero-order valence-corrected chi connectivity index (χ0v) is 13.7. The number of ether oxygens (including phenoxy) is 1. The van der Waals surface area contributed by atoms with Gasteiger partial charge in [0.05, 0.1) is 18.9 Å². The van der Waals surface area contributed by atoms with Crippen molar-refractivity contribution in [1.82, 2.24) is 14.9 Å². The molecule has 2 aromatic rings. The maximum atomic E-state index is 12.5. The van der Waals surface area contributed by atoms with Gasteiger partial charge >= 0.3 is 5.97 Å². The third kappa shape index (κ3) is 2.56. The summed E-state index contributed by atoms with van der Waals surface area (Å²) in [5, 5.41) is 1.18. The van der Waals surface area contributed by atoms with Crippen LogP contribution < -0.4 is 0 Å². The first-order chi connectivity index (χ1) is 11.7. The SMILES string of the molecule is COC(=O)[C@H]1C[C@@H]1C(=O)N1CCC(c2c[nH]c3ncccc23)CC1. The Morgan fingerprint density at radius 2 is 2.08 bits per heavy atom. The summed E-state index contributed by atoms with van der Waals surface area (Å²) in [7, 11) is 1.38. The van der Waals surface area contributed by atoms with Gasteiger partial charge in [-0.25, -0.2) is 4.98 Å². The van der Waals surface area contributed by atoms with Crippen molar-refractivity contribution in [2.45, 2.75) is 25.2 Å². The molecular formula is C18H21N3O3. The van der Waals surface area contributed by atoms with E-state index in [0.29, 0.717) is 12.3 Å². The lowest BCUT2D eigenvalue weighted by atomic mass is 9.89. The predicted octanol–water partition coefficient (Wildman–Crippen LogP) is 2.08. The van der Waals surface area contributed by atoms with Crippen LogP contribution in [0.25, 0.3) is 11.0 Å². The van der Waals surface area contributed by atoms with Crippen molar-refractivity contribution in [3.8, 4) is 0 Å². The molecule has 2 aromatic heterocycles. The summed E-state index contributed by atoms with van der Waals surface area (Å²) in [5.74, 6) is -0.0761. The standard InChI is InChI=1S/C18H21N3O3/c1-24-18(23)14-9-13(14)17(22)21-7-4-11(5-8-21)15-10-20-16-12(15)3-2-6-19-16/h2-3,6,10-11,13-14H,4-5,7-9H2,1H3,(H,19,20)/t13-,14-/m0/s1. The molecule has 3 heterocycles. The van der Waals surface area contributed by atoms with Crippen molar-refractivity contribution in [2.75, 3.05) is 20.2 Å². The molecule has 2 aliphatic rings. The van der Waals surface area contributed by atoms with E-state index in [0.717, 1.165) is 31.6 Å². The van der Waals surface area contributed by atoms with E-state index in [1.54, 1.807) is 6.20 Å². The predicted molar refractivity (Wildman–Crippen MR) is 88.3 cm³/mol. The number of aromatic nitrogens is 2. The fraction of sp³-hybridized carbons (Fsp3) is 0.500. The van der Waals surface area contributed by atoms with Crippen molar-refractivity contribution in [3.05, 3.63) is 30.1 Å². The number of fused-ring (bicyclic) bond motifs is 1. The number of rotatable bonds is 3. The van der Waals surface area contributed by atoms with E-state index in [4.69, 9.17) is 4.74 Å². The molecule has 1 N–H and O–H groups in total. The fourth-order valence-electron chi connectivity index (χ4n) is 3.84. The van der Waals surface area contributed by atoms with E-state index in [2.05, 4.69) is 16.0 Å². The average molecular weight is 327 g/mol. The van der Waals surface area contributed by atoms with Gasteiger partial charge in [0.25, 0.3) is 0 Å². The molecule has 24 heavy (non-hydrogen) atoms. The van der Waals surface area contributed by atoms with E-state index in [-0.39, 0.29) is 23.7 Å². The summed E-state index contributed by atoms with van der Waals surface area (Å²) < 4.78 is 4.73. The van der Waals surface area contributed by atoms with Crippen LogP contribution in [0.2, 0.25) is 0 Å². The minimum Gasteiger partial charge on any atom is -0.469 e. The second kappa shape index (κ2) is 5.92. The van der Waals surface area contributed by atoms with E-state index in [1.165, 1.54) is 18.1 Å². The molecule has 6 heteroatoms. The van der Waals surface area contributed by atoms with Gasteiger partial charge in [-0.3, -0.25) is 9.59 Å². The van der Waals surface area contributed by atoms with E-state index in [9.17, 15) is 9.59 Å². The summed E-state index contributed by atoms with van der Waals surface area (Å²) >= 11 is 0. The minimum absolute atomic E-state index is 0.115. The van der Waals surface area contributed by atoms with E-state index < -0.39 is 0 Å². The lowest BCUT2D eigenvalue weighted by Crippen LogP contribution is -2.39. The Kier molecular flexibility index (Phi) is 3.75. The monoisotopic (exact) mass is 327 g/mol. The summed E-state index contributed by atoms with van der Waals surface area (Å²) in [4.78, 5) is 33.5. The van der Waals surface area contributed by atoms with Crippen molar-refractivity contribution < 1.29 is 14.3 Å². The average Bonchev–Trinajstić information content (AvgIpc) is 3.32. The van der Waals surface area contributed by atoms with Crippen LogP contribution in [0.1, 0.15) is 30.7 Å². The minimum atomic E-state index is -0.255. The summed E-state index contributed by atoms with van der Waals surface area (Å²) in [6.45, 7) is 1.50. The zero-order chi connectivity index (χ0) is 16.7. The molecule has 1 saturated carbocycles. The van der Waals surface area contributed by atoms with Gasteiger partial charge in [-0.15, -0.1) is 0 Å². The number of carbonyl (C=O) groups is 2. The van der Waals surface area contributed by atoms with Gasteiger partial charge in [-0.2, -0.15) is 0 Å². The zero-order valence-electron chi connectivity index (χ0n) is 13.7. The highest BCUT2D eigenvalue weighted by atomic mass is 16.5. The van der Waals surface area contributed by atoms with Gasteiger partial charge in [-0.1, -0.05) is 0 Å². The number of nitrogens with zero attached hydrogens (tertiary/aromatic N) is 2. The van der Waals surface area contributed by atoms with Gasteiger partial charge in [0.1, 0.15) is 5.65 Å². The maximum absolute atomic E-state index is 12.5. The molecule has 1 amide bonds. The van der Waals surface area contributed by atoms with Gasteiger partial charge in [0, 0.05) is 30.9 Å². The van der Waals surface area contributed by atoms with E-state index >= 15 is 0 Å². The van der Waals surface area contributed by atoms with Crippen molar-refractivity contribution in [1.29, 1.82) is 0 Å². The number of aromatic amines is 1. The lowest BCUT2D eigenvalue weighted by molar-refractivity contribution is -0.145. The maximum Gasteiger partial charge on any atom is 0.309 e. The molecule has 0 bridgehead atoms. The Bertz CT molecular complexity index is 777. The number of carbonyl (C=O) groups excluding carboxylic acids is 2. The molecule has 6 nitrogen and oxygen atoms in total. The van der Waals surface area contributed by atoms with Gasteiger partial charge in [0.2, 0.25) is 5.91 Å². The van der Waals surface area contributed by atoms with Crippen LogP contribution >= 0.6 is 0 Å². The van der Waals surface area contributed by atoms with Gasteiger partial charge < -0.3 is 14.6 Å². The van der Waals surface area contributed by atoms with Gasteiger partial charge in [0.15, 0.2) is 0 Å². The third-order valence-electron chi connectivity index (χ3n) is 5.34. The highest BCUT2D eigenvalue weighted by Crippen LogP contribution is 2.42. The number of nitrogens with one attached hydrogen (secondary N) is 1. The van der Waals surface area contributed by atoms with Crippen LogP contribution in [0.15, 0.2) is 24.5 Å². The van der Waals surface area contributed by atoms with Crippen LogP contribution in [0, 0.1) is 11.8 Å². The molecule has 2 fully saturated rings. The second-order valence-electron chi connectivity index (χ2n) is 6.71. The van der Waals surface area contributed by atoms with Crippen molar-refractivity contribution in [3.63, 3.8) is 0 Å².